The summed E-state index contributed by atoms with van der Waals surface area (Å²) in [5.74, 6) is 0. The van der Waals surface area contributed by atoms with Crippen molar-refractivity contribution in [3.05, 3.63) is 48.0 Å². The Morgan fingerprint density at radius 2 is 1.92 bits per heavy atom. The number of aryl methyl sites for hydroxylation is 1. The van der Waals surface area contributed by atoms with Gasteiger partial charge in [-0.05, 0) is 61.7 Å². The summed E-state index contributed by atoms with van der Waals surface area (Å²) in [6, 6.07) is 14.1. The molecule has 3 aromatic rings. The van der Waals surface area contributed by atoms with Gasteiger partial charge >= 0.3 is 6.03 Å². The molecule has 1 saturated heterocycles. The van der Waals surface area contributed by atoms with Crippen LogP contribution in [0.5, 0.6) is 0 Å². The third kappa shape index (κ3) is 3.86. The summed E-state index contributed by atoms with van der Waals surface area (Å²) in [5, 5.41) is 6.88. The van der Waals surface area contributed by atoms with Crippen molar-refractivity contribution in [3.8, 4) is 10.6 Å². The number of nitrogens with zero attached hydrogens (tertiary/aromatic N) is 1. The second kappa shape index (κ2) is 7.43. The highest BCUT2D eigenvalue weighted by Gasteiger charge is 2.16. The van der Waals surface area contributed by atoms with Crippen LogP contribution in [0.3, 0.4) is 0 Å². The highest BCUT2D eigenvalue weighted by molar-refractivity contribution is 7.21. The van der Waals surface area contributed by atoms with E-state index in [0.29, 0.717) is 13.2 Å². The topological polar surface area (TPSA) is 63.2 Å². The Kier molecular flexibility index (Phi) is 4.86. The molecular formula is C20H21N3O2S. The van der Waals surface area contributed by atoms with Crippen molar-refractivity contribution in [3.63, 3.8) is 0 Å². The van der Waals surface area contributed by atoms with Gasteiger partial charge < -0.3 is 15.4 Å². The summed E-state index contributed by atoms with van der Waals surface area (Å²) in [7, 11) is 0. The predicted molar refractivity (Wildman–Crippen MR) is 106 cm³/mol. The number of thiazole rings is 1. The maximum atomic E-state index is 12.1. The monoisotopic (exact) mass is 367 g/mol. The molecule has 0 saturated carbocycles. The number of amides is 2. The minimum Gasteiger partial charge on any atom is -0.381 e. The molecular weight excluding hydrogens is 346 g/mol. The van der Waals surface area contributed by atoms with Crippen LogP contribution in [0.15, 0.2) is 42.5 Å². The lowest BCUT2D eigenvalue weighted by Gasteiger charge is -2.23. The quantitative estimate of drug-likeness (QED) is 0.713. The molecule has 1 aromatic heterocycles. The van der Waals surface area contributed by atoms with E-state index in [1.165, 1.54) is 10.3 Å². The zero-order valence-corrected chi connectivity index (χ0v) is 15.4. The van der Waals surface area contributed by atoms with Crippen LogP contribution in [0.4, 0.5) is 10.5 Å². The Morgan fingerprint density at radius 3 is 2.69 bits per heavy atom. The van der Waals surface area contributed by atoms with E-state index in [0.717, 1.165) is 34.6 Å². The van der Waals surface area contributed by atoms with Gasteiger partial charge in [0.1, 0.15) is 5.01 Å². The molecule has 0 spiro atoms. The van der Waals surface area contributed by atoms with Gasteiger partial charge in [-0.25, -0.2) is 9.78 Å². The fraction of sp³-hybridized carbons (Fsp3) is 0.300. The normalized spacial score (nSPS) is 15.1. The maximum absolute atomic E-state index is 12.1. The van der Waals surface area contributed by atoms with Gasteiger partial charge in [-0.15, -0.1) is 11.3 Å². The molecule has 2 aromatic carbocycles. The minimum absolute atomic E-state index is 0.167. The van der Waals surface area contributed by atoms with Crippen LogP contribution in [0.1, 0.15) is 18.4 Å². The summed E-state index contributed by atoms with van der Waals surface area (Å²) in [5.41, 5.74) is 4.09. The third-order valence-corrected chi connectivity index (χ3v) is 5.56. The highest BCUT2D eigenvalue weighted by Crippen LogP contribution is 2.31. The minimum atomic E-state index is -0.167. The second-order valence-corrected chi connectivity index (χ2v) is 7.58. The van der Waals surface area contributed by atoms with Crippen LogP contribution in [0, 0.1) is 6.92 Å². The molecule has 26 heavy (non-hydrogen) atoms. The molecule has 1 aliphatic rings. The number of rotatable bonds is 3. The molecule has 1 fully saturated rings. The molecule has 0 aliphatic carbocycles. The molecule has 2 amide bonds. The van der Waals surface area contributed by atoms with Crippen molar-refractivity contribution < 1.29 is 9.53 Å². The summed E-state index contributed by atoms with van der Waals surface area (Å²) in [4.78, 5) is 16.8. The summed E-state index contributed by atoms with van der Waals surface area (Å²) < 4.78 is 6.50. The number of hydrogen-bond acceptors (Lipinski definition) is 4. The first-order valence-corrected chi connectivity index (χ1v) is 9.62. The molecule has 134 valence electrons. The average Bonchev–Trinajstić information content (AvgIpc) is 3.06. The zero-order chi connectivity index (χ0) is 17.9. The number of benzene rings is 2. The second-order valence-electron chi connectivity index (χ2n) is 6.55. The summed E-state index contributed by atoms with van der Waals surface area (Å²) in [6.07, 6.45) is 1.73. The largest absolute Gasteiger partial charge is 0.381 e. The molecule has 0 atom stereocenters. The smallest absolute Gasteiger partial charge is 0.319 e. The number of carbonyl (C=O) groups is 1. The van der Waals surface area contributed by atoms with Gasteiger partial charge in [0, 0.05) is 30.5 Å². The van der Waals surface area contributed by atoms with Crippen LogP contribution < -0.4 is 10.6 Å². The van der Waals surface area contributed by atoms with Crippen molar-refractivity contribution in [2.24, 2.45) is 0 Å². The number of urea groups is 1. The average molecular weight is 367 g/mol. The number of aromatic nitrogens is 1. The standard InChI is InChI=1S/C20H21N3O2S/c1-13-2-7-17-18(12-13)26-19(23-17)14-3-5-15(6-4-14)21-20(24)22-16-8-10-25-11-9-16/h2-7,12,16H,8-11H2,1H3,(H2,21,22,24). The van der Waals surface area contributed by atoms with Crippen molar-refractivity contribution in [1.29, 1.82) is 0 Å². The van der Waals surface area contributed by atoms with Crippen molar-refractivity contribution in [2.45, 2.75) is 25.8 Å². The molecule has 1 aliphatic heterocycles. The van der Waals surface area contributed by atoms with Crippen LogP contribution >= 0.6 is 11.3 Å². The molecule has 6 heteroatoms. The predicted octanol–water partition coefficient (Wildman–Crippen LogP) is 4.57. The Balaban J connectivity index is 1.43. The van der Waals surface area contributed by atoms with Gasteiger partial charge in [0.05, 0.1) is 10.2 Å². The first-order valence-electron chi connectivity index (χ1n) is 8.80. The maximum Gasteiger partial charge on any atom is 0.319 e. The first kappa shape index (κ1) is 17.0. The zero-order valence-electron chi connectivity index (χ0n) is 14.6. The Labute approximate surface area is 156 Å². The first-order chi connectivity index (χ1) is 12.7. The number of carbonyl (C=O) groups excluding carboxylic acids is 1. The van der Waals surface area contributed by atoms with Gasteiger partial charge in [0.25, 0.3) is 0 Å². The fourth-order valence-corrected chi connectivity index (χ4v) is 4.12. The lowest BCUT2D eigenvalue weighted by molar-refractivity contribution is 0.0806. The Hall–Kier alpha value is -2.44. The third-order valence-electron chi connectivity index (χ3n) is 4.49. The summed E-state index contributed by atoms with van der Waals surface area (Å²) >= 11 is 1.68. The fourth-order valence-electron chi connectivity index (χ4n) is 3.05. The van der Waals surface area contributed by atoms with E-state index in [1.54, 1.807) is 11.3 Å². The number of fused-ring (bicyclic) bond motifs is 1. The lowest BCUT2D eigenvalue weighted by Crippen LogP contribution is -2.41. The molecule has 4 rings (SSSR count). The number of ether oxygens (including phenoxy) is 1. The van der Waals surface area contributed by atoms with Gasteiger partial charge in [-0.2, -0.15) is 0 Å². The number of nitrogens with one attached hydrogen (secondary N) is 2. The Morgan fingerprint density at radius 1 is 1.15 bits per heavy atom. The van der Waals surface area contributed by atoms with Crippen molar-refractivity contribution in [1.82, 2.24) is 10.3 Å². The summed E-state index contributed by atoms with van der Waals surface area (Å²) in [6.45, 7) is 3.51. The molecule has 2 N–H and O–H groups in total. The van der Waals surface area contributed by atoms with E-state index >= 15 is 0 Å². The van der Waals surface area contributed by atoms with Crippen LogP contribution in [-0.4, -0.2) is 30.3 Å². The van der Waals surface area contributed by atoms with Gasteiger partial charge in [0.2, 0.25) is 0 Å². The van der Waals surface area contributed by atoms with E-state index in [-0.39, 0.29) is 12.1 Å². The lowest BCUT2D eigenvalue weighted by atomic mass is 10.1. The van der Waals surface area contributed by atoms with Gasteiger partial charge in [-0.3, -0.25) is 0 Å². The van der Waals surface area contributed by atoms with Crippen LogP contribution in [0.25, 0.3) is 20.8 Å². The van der Waals surface area contributed by atoms with Crippen LogP contribution in [0.2, 0.25) is 0 Å². The van der Waals surface area contributed by atoms with Gasteiger partial charge in [-0.1, -0.05) is 6.07 Å². The number of anilines is 1. The molecule has 0 radical (unpaired) electrons. The molecule has 5 nitrogen and oxygen atoms in total. The van der Waals surface area contributed by atoms with E-state index in [4.69, 9.17) is 9.72 Å². The van der Waals surface area contributed by atoms with E-state index in [9.17, 15) is 4.79 Å². The van der Waals surface area contributed by atoms with Crippen LogP contribution in [-0.2, 0) is 4.74 Å². The SMILES string of the molecule is Cc1ccc2nc(-c3ccc(NC(=O)NC4CCOCC4)cc3)sc2c1. The van der Waals surface area contributed by atoms with E-state index in [2.05, 4.69) is 35.8 Å². The number of hydrogen-bond donors (Lipinski definition) is 2. The molecule has 0 unspecified atom stereocenters. The van der Waals surface area contributed by atoms with E-state index in [1.807, 2.05) is 24.3 Å². The van der Waals surface area contributed by atoms with E-state index < -0.39 is 0 Å². The highest BCUT2D eigenvalue weighted by atomic mass is 32.1. The molecule has 0 bridgehead atoms. The van der Waals surface area contributed by atoms with Gasteiger partial charge in [0.15, 0.2) is 0 Å². The molecule has 2 heterocycles. The van der Waals surface area contributed by atoms with Crippen molar-refractivity contribution >= 4 is 33.3 Å². The Bertz CT molecular complexity index is 914. The van der Waals surface area contributed by atoms with Crippen molar-refractivity contribution in [2.75, 3.05) is 18.5 Å².